The van der Waals surface area contributed by atoms with E-state index in [0.29, 0.717) is 6.04 Å². The van der Waals surface area contributed by atoms with Gasteiger partial charge in [0.15, 0.2) is 0 Å². The first-order chi connectivity index (χ1) is 8.24. The first-order valence-corrected chi connectivity index (χ1v) is 6.70. The minimum Gasteiger partial charge on any atom is -0.395 e. The number of aliphatic hydroxyl groups is 1. The molecule has 1 aromatic rings. The van der Waals surface area contributed by atoms with E-state index in [1.165, 1.54) is 11.1 Å². The first kappa shape index (κ1) is 14.2. The maximum Gasteiger partial charge on any atom is 0.0584 e. The molecule has 2 heteroatoms. The van der Waals surface area contributed by atoms with E-state index in [-0.39, 0.29) is 12.6 Å². The molecule has 1 rings (SSSR count). The number of hydrogen-bond donors (Lipinski definition) is 2. The highest BCUT2D eigenvalue weighted by Crippen LogP contribution is 2.18. The molecular weight excluding hydrogens is 210 g/mol. The van der Waals surface area contributed by atoms with E-state index in [0.717, 1.165) is 19.3 Å². The fourth-order valence-electron chi connectivity index (χ4n) is 2.02. The van der Waals surface area contributed by atoms with Gasteiger partial charge in [-0.2, -0.15) is 0 Å². The van der Waals surface area contributed by atoms with Crippen molar-refractivity contribution < 1.29 is 5.11 Å². The predicted molar refractivity (Wildman–Crippen MR) is 73.2 cm³/mol. The fraction of sp³-hybridized carbons (Fsp3) is 0.600. The molecule has 0 bridgehead atoms. The van der Waals surface area contributed by atoms with Gasteiger partial charge in [0.05, 0.1) is 6.61 Å². The standard InChI is InChI=1S/C15H25NO/c1-4-12-7-9-13(10-8-12)15(6-3)16-14(5-2)11-17/h7-10,14-17H,4-6,11H2,1-3H3. The summed E-state index contributed by atoms with van der Waals surface area (Å²) >= 11 is 0. The van der Waals surface area contributed by atoms with Crippen molar-refractivity contribution in [3.8, 4) is 0 Å². The molecule has 0 aliphatic heterocycles. The van der Waals surface area contributed by atoms with Crippen molar-refractivity contribution >= 4 is 0 Å². The number of benzene rings is 1. The molecule has 0 heterocycles. The Morgan fingerprint density at radius 3 is 2.12 bits per heavy atom. The van der Waals surface area contributed by atoms with Crippen LogP contribution >= 0.6 is 0 Å². The lowest BCUT2D eigenvalue weighted by atomic mass is 10.0. The quantitative estimate of drug-likeness (QED) is 0.761. The lowest BCUT2D eigenvalue weighted by molar-refractivity contribution is 0.226. The van der Waals surface area contributed by atoms with Crippen molar-refractivity contribution in [1.29, 1.82) is 0 Å². The molecule has 1 aromatic carbocycles. The SMILES string of the molecule is CCc1ccc(C(CC)NC(CC)CO)cc1. The van der Waals surface area contributed by atoms with E-state index in [1.54, 1.807) is 0 Å². The third-order valence-corrected chi connectivity index (χ3v) is 3.35. The van der Waals surface area contributed by atoms with Gasteiger partial charge in [-0.1, -0.05) is 45.0 Å². The number of aliphatic hydroxyl groups excluding tert-OH is 1. The highest BCUT2D eigenvalue weighted by atomic mass is 16.3. The molecule has 0 amide bonds. The molecule has 2 atom stereocenters. The lowest BCUT2D eigenvalue weighted by Crippen LogP contribution is -2.34. The molecule has 96 valence electrons. The average Bonchev–Trinajstić information content (AvgIpc) is 2.40. The Morgan fingerprint density at radius 1 is 1.06 bits per heavy atom. The van der Waals surface area contributed by atoms with Crippen LogP contribution in [0.25, 0.3) is 0 Å². The molecule has 0 spiro atoms. The maximum absolute atomic E-state index is 9.24. The third kappa shape index (κ3) is 4.14. The predicted octanol–water partition coefficient (Wildman–Crippen LogP) is 3.06. The molecule has 0 saturated carbocycles. The normalized spacial score (nSPS) is 14.6. The van der Waals surface area contributed by atoms with Crippen LogP contribution in [0.5, 0.6) is 0 Å². The van der Waals surface area contributed by atoms with Crippen molar-refractivity contribution in [3.05, 3.63) is 35.4 Å². The molecule has 0 aliphatic carbocycles. The molecule has 2 N–H and O–H groups in total. The summed E-state index contributed by atoms with van der Waals surface area (Å²) in [6.07, 6.45) is 3.08. The van der Waals surface area contributed by atoms with Crippen molar-refractivity contribution in [3.63, 3.8) is 0 Å². The molecule has 0 aliphatic rings. The topological polar surface area (TPSA) is 32.3 Å². The van der Waals surface area contributed by atoms with Crippen molar-refractivity contribution in [2.24, 2.45) is 0 Å². The number of nitrogens with one attached hydrogen (secondary N) is 1. The van der Waals surface area contributed by atoms with Crippen molar-refractivity contribution in [1.82, 2.24) is 5.32 Å². The Labute approximate surface area is 105 Å². The van der Waals surface area contributed by atoms with Crippen LogP contribution in [0.4, 0.5) is 0 Å². The molecule has 2 nitrogen and oxygen atoms in total. The summed E-state index contributed by atoms with van der Waals surface area (Å²) in [5.74, 6) is 0. The van der Waals surface area contributed by atoms with Crippen molar-refractivity contribution in [2.45, 2.75) is 52.1 Å². The van der Waals surface area contributed by atoms with Crippen LogP contribution in [0.1, 0.15) is 50.8 Å². The van der Waals surface area contributed by atoms with Crippen LogP contribution in [-0.4, -0.2) is 17.8 Å². The summed E-state index contributed by atoms with van der Waals surface area (Å²) in [6.45, 7) is 6.65. The van der Waals surface area contributed by atoms with Gasteiger partial charge >= 0.3 is 0 Å². The third-order valence-electron chi connectivity index (χ3n) is 3.35. The Balaban J connectivity index is 2.71. The van der Waals surface area contributed by atoms with E-state index < -0.39 is 0 Å². The number of rotatable bonds is 7. The van der Waals surface area contributed by atoms with E-state index in [9.17, 15) is 5.11 Å². The summed E-state index contributed by atoms with van der Waals surface area (Å²) in [7, 11) is 0. The Hall–Kier alpha value is -0.860. The summed E-state index contributed by atoms with van der Waals surface area (Å²) in [5, 5.41) is 12.7. The van der Waals surface area contributed by atoms with Gasteiger partial charge in [-0.3, -0.25) is 0 Å². The van der Waals surface area contributed by atoms with Crippen LogP contribution < -0.4 is 5.32 Å². The van der Waals surface area contributed by atoms with Crippen LogP contribution in [0.2, 0.25) is 0 Å². The van der Waals surface area contributed by atoms with Gasteiger partial charge in [0.25, 0.3) is 0 Å². The highest BCUT2D eigenvalue weighted by molar-refractivity contribution is 5.25. The average molecular weight is 235 g/mol. The van der Waals surface area contributed by atoms with Gasteiger partial charge in [-0.15, -0.1) is 0 Å². The smallest absolute Gasteiger partial charge is 0.0584 e. The minimum atomic E-state index is 0.200. The van der Waals surface area contributed by atoms with Gasteiger partial charge in [-0.05, 0) is 30.4 Å². The second kappa shape index (κ2) is 7.46. The Kier molecular flexibility index (Phi) is 6.23. The van der Waals surface area contributed by atoms with Gasteiger partial charge < -0.3 is 10.4 Å². The largest absolute Gasteiger partial charge is 0.395 e. The van der Waals surface area contributed by atoms with Crippen LogP contribution in [-0.2, 0) is 6.42 Å². The van der Waals surface area contributed by atoms with E-state index in [2.05, 4.69) is 50.4 Å². The monoisotopic (exact) mass is 235 g/mol. The summed E-state index contributed by atoms with van der Waals surface area (Å²) in [5.41, 5.74) is 2.69. The zero-order chi connectivity index (χ0) is 12.7. The molecular formula is C15H25NO. The maximum atomic E-state index is 9.24. The van der Waals surface area contributed by atoms with E-state index in [4.69, 9.17) is 0 Å². The van der Waals surface area contributed by atoms with E-state index in [1.807, 2.05) is 0 Å². The zero-order valence-electron chi connectivity index (χ0n) is 11.2. The Bertz CT molecular complexity index is 303. The molecule has 2 unspecified atom stereocenters. The number of hydrogen-bond acceptors (Lipinski definition) is 2. The molecule has 17 heavy (non-hydrogen) atoms. The molecule has 0 aromatic heterocycles. The molecule has 0 saturated heterocycles. The van der Waals surface area contributed by atoms with Crippen LogP contribution in [0.15, 0.2) is 24.3 Å². The van der Waals surface area contributed by atoms with Gasteiger partial charge in [0.1, 0.15) is 0 Å². The Morgan fingerprint density at radius 2 is 1.71 bits per heavy atom. The van der Waals surface area contributed by atoms with Crippen molar-refractivity contribution in [2.75, 3.05) is 6.61 Å². The fourth-order valence-corrected chi connectivity index (χ4v) is 2.02. The molecule has 0 radical (unpaired) electrons. The lowest BCUT2D eigenvalue weighted by Gasteiger charge is -2.23. The first-order valence-electron chi connectivity index (χ1n) is 6.70. The minimum absolute atomic E-state index is 0.200. The second-order valence-electron chi connectivity index (χ2n) is 4.51. The summed E-state index contributed by atoms with van der Waals surface area (Å²) in [6, 6.07) is 9.33. The molecule has 0 fully saturated rings. The van der Waals surface area contributed by atoms with E-state index >= 15 is 0 Å². The number of aryl methyl sites for hydroxylation is 1. The summed E-state index contributed by atoms with van der Waals surface area (Å²) < 4.78 is 0. The van der Waals surface area contributed by atoms with Crippen LogP contribution in [0, 0.1) is 0 Å². The van der Waals surface area contributed by atoms with Gasteiger partial charge in [0.2, 0.25) is 0 Å². The zero-order valence-corrected chi connectivity index (χ0v) is 11.2. The van der Waals surface area contributed by atoms with Crippen LogP contribution in [0.3, 0.4) is 0 Å². The van der Waals surface area contributed by atoms with Gasteiger partial charge in [-0.25, -0.2) is 0 Å². The second-order valence-corrected chi connectivity index (χ2v) is 4.51. The summed E-state index contributed by atoms with van der Waals surface area (Å²) in [4.78, 5) is 0. The van der Waals surface area contributed by atoms with Gasteiger partial charge in [0, 0.05) is 12.1 Å². The highest BCUT2D eigenvalue weighted by Gasteiger charge is 2.13.